The van der Waals surface area contributed by atoms with Crippen molar-refractivity contribution in [2.75, 3.05) is 6.54 Å². The molecule has 3 heterocycles. The molecule has 2 aromatic heterocycles. The molecule has 0 aliphatic carbocycles. The van der Waals surface area contributed by atoms with Gasteiger partial charge in [0.25, 0.3) is 5.56 Å². The molecule has 2 N–H and O–H groups in total. The molecule has 8 nitrogen and oxygen atoms in total. The quantitative estimate of drug-likeness (QED) is 0.662. The smallest absolute Gasteiger partial charge is 0.408 e. The molecule has 9 heteroatoms. The highest BCUT2D eigenvalue weighted by atomic mass is 35.5. The Balaban J connectivity index is 2.19. The number of carboxylic acid groups (broad SMARTS) is 1. The number of hydrogen-bond donors (Lipinski definition) is 2. The largest absolute Gasteiger partial charge is 0.465 e. The number of rotatable bonds is 2. The van der Waals surface area contributed by atoms with Gasteiger partial charge in [-0.05, 0) is 30.4 Å². The Labute approximate surface area is 172 Å². The third kappa shape index (κ3) is 2.73. The Morgan fingerprint density at radius 1 is 1.34 bits per heavy atom. The first-order valence-corrected chi connectivity index (χ1v) is 9.78. The third-order valence-corrected chi connectivity index (χ3v) is 6.13. The van der Waals surface area contributed by atoms with Gasteiger partial charge in [-0.3, -0.25) is 19.4 Å². The van der Waals surface area contributed by atoms with Crippen LogP contribution in [0.15, 0.2) is 35.4 Å². The second-order valence-electron chi connectivity index (χ2n) is 8.31. The molecule has 1 aromatic carbocycles. The van der Waals surface area contributed by atoms with Gasteiger partial charge in [-0.25, -0.2) is 9.78 Å². The Bertz CT molecular complexity index is 1150. The normalized spacial score (nSPS) is 19.8. The summed E-state index contributed by atoms with van der Waals surface area (Å²) >= 11 is 6.33. The molecule has 0 radical (unpaired) electrons. The summed E-state index contributed by atoms with van der Waals surface area (Å²) in [6, 6.07) is 5.10. The van der Waals surface area contributed by atoms with Crippen LogP contribution < -0.4 is 5.56 Å². The number of nitrogens with one attached hydrogen (secondary N) is 1. The molecule has 1 fully saturated rings. The summed E-state index contributed by atoms with van der Waals surface area (Å²) in [6.07, 6.45) is 3.31. The molecule has 1 saturated heterocycles. The van der Waals surface area contributed by atoms with Gasteiger partial charge in [-0.1, -0.05) is 38.4 Å². The molecule has 1 aliphatic rings. The highest BCUT2D eigenvalue weighted by Crippen LogP contribution is 2.51. The van der Waals surface area contributed by atoms with Gasteiger partial charge in [-0.15, -0.1) is 0 Å². The number of amides is 1. The zero-order chi connectivity index (χ0) is 21.0. The highest BCUT2D eigenvalue weighted by Gasteiger charge is 2.56. The molecule has 1 amide bonds. The number of likely N-dealkylation sites (tertiary alicyclic amines) is 1. The maximum Gasteiger partial charge on any atom is 0.408 e. The van der Waals surface area contributed by atoms with E-state index in [1.165, 1.54) is 15.7 Å². The fourth-order valence-electron chi connectivity index (χ4n) is 4.50. The number of aromatic nitrogens is 4. The van der Waals surface area contributed by atoms with Crippen LogP contribution in [0.4, 0.5) is 4.79 Å². The van der Waals surface area contributed by atoms with E-state index in [2.05, 4.69) is 10.2 Å². The summed E-state index contributed by atoms with van der Waals surface area (Å²) < 4.78 is 1.45. The molecule has 4 rings (SSSR count). The minimum absolute atomic E-state index is 0.294. The van der Waals surface area contributed by atoms with Gasteiger partial charge in [0.1, 0.15) is 11.4 Å². The van der Waals surface area contributed by atoms with Gasteiger partial charge in [0.2, 0.25) is 0 Å². The fraction of sp³-hybridized carbons (Fsp3) is 0.400. The first-order chi connectivity index (χ1) is 13.7. The summed E-state index contributed by atoms with van der Waals surface area (Å²) in [7, 11) is 0. The van der Waals surface area contributed by atoms with E-state index in [1.54, 1.807) is 24.4 Å². The predicted octanol–water partition coefficient (Wildman–Crippen LogP) is 3.78. The molecule has 1 atom stereocenters. The summed E-state index contributed by atoms with van der Waals surface area (Å²) in [4.78, 5) is 32.1. The Morgan fingerprint density at radius 2 is 2.10 bits per heavy atom. The lowest BCUT2D eigenvalue weighted by molar-refractivity contribution is 0.0193. The van der Waals surface area contributed by atoms with E-state index in [4.69, 9.17) is 16.6 Å². The van der Waals surface area contributed by atoms with Crippen molar-refractivity contribution in [1.29, 1.82) is 0 Å². The molecule has 0 spiro atoms. The van der Waals surface area contributed by atoms with Crippen molar-refractivity contribution in [1.82, 2.24) is 24.6 Å². The van der Waals surface area contributed by atoms with E-state index in [1.807, 2.05) is 20.8 Å². The number of fused-ring (bicyclic) bond motifs is 1. The number of nitrogens with zero attached hydrogens (tertiary/aromatic N) is 4. The topological polar surface area (TPSA) is 104 Å². The van der Waals surface area contributed by atoms with E-state index in [0.29, 0.717) is 46.8 Å². The van der Waals surface area contributed by atoms with Crippen molar-refractivity contribution >= 4 is 28.6 Å². The number of aromatic amines is 1. The van der Waals surface area contributed by atoms with Gasteiger partial charge in [0, 0.05) is 12.7 Å². The predicted molar refractivity (Wildman–Crippen MR) is 110 cm³/mol. The van der Waals surface area contributed by atoms with Crippen molar-refractivity contribution < 1.29 is 9.90 Å². The molecule has 1 aliphatic heterocycles. The number of H-pyrrole nitrogens is 1. The van der Waals surface area contributed by atoms with E-state index < -0.39 is 17.0 Å². The van der Waals surface area contributed by atoms with E-state index in [0.717, 1.165) is 0 Å². The zero-order valence-electron chi connectivity index (χ0n) is 16.4. The van der Waals surface area contributed by atoms with Crippen molar-refractivity contribution in [3.63, 3.8) is 0 Å². The van der Waals surface area contributed by atoms with Crippen LogP contribution in [-0.4, -0.2) is 42.4 Å². The standard InChI is InChI=1S/C20H22ClN5O3/c1-19(2,3)20(8-5-9-25(20)18(28)29)17-24-14-7-4-6-13(21)15(14)16(27)26(17)12-10-22-23-11-12/h4,6-7,10-11H,5,8-9H2,1-3H3,(H,22,23)(H,28,29). The number of benzene rings is 1. The Kier molecular flexibility index (Phi) is 4.42. The molecular formula is C20H22ClN5O3. The van der Waals surface area contributed by atoms with Crippen LogP contribution >= 0.6 is 11.6 Å². The first-order valence-electron chi connectivity index (χ1n) is 9.40. The molecule has 0 saturated carbocycles. The molecule has 29 heavy (non-hydrogen) atoms. The molecule has 1 unspecified atom stereocenters. The minimum atomic E-state index is -1.03. The molecule has 0 bridgehead atoms. The van der Waals surface area contributed by atoms with Crippen molar-refractivity contribution in [2.24, 2.45) is 5.41 Å². The fourth-order valence-corrected chi connectivity index (χ4v) is 4.75. The zero-order valence-corrected chi connectivity index (χ0v) is 17.2. The monoisotopic (exact) mass is 415 g/mol. The van der Waals surface area contributed by atoms with Crippen LogP contribution in [0.5, 0.6) is 0 Å². The minimum Gasteiger partial charge on any atom is -0.465 e. The second kappa shape index (κ2) is 6.59. The lowest BCUT2D eigenvalue weighted by Gasteiger charge is -2.47. The summed E-state index contributed by atoms with van der Waals surface area (Å²) in [5.74, 6) is 0.381. The highest BCUT2D eigenvalue weighted by molar-refractivity contribution is 6.35. The average molecular weight is 416 g/mol. The summed E-state index contributed by atoms with van der Waals surface area (Å²) in [5, 5.41) is 17.3. The van der Waals surface area contributed by atoms with Crippen molar-refractivity contribution in [3.8, 4) is 5.69 Å². The van der Waals surface area contributed by atoms with Gasteiger partial charge in [0.05, 0.1) is 27.8 Å². The molecule has 3 aromatic rings. The van der Waals surface area contributed by atoms with Crippen LogP contribution in [-0.2, 0) is 5.54 Å². The van der Waals surface area contributed by atoms with E-state index >= 15 is 0 Å². The van der Waals surface area contributed by atoms with Gasteiger partial charge < -0.3 is 5.11 Å². The van der Waals surface area contributed by atoms with Gasteiger partial charge in [0.15, 0.2) is 0 Å². The molecular weight excluding hydrogens is 394 g/mol. The lowest BCUT2D eigenvalue weighted by atomic mass is 9.70. The maximum absolute atomic E-state index is 13.6. The third-order valence-electron chi connectivity index (χ3n) is 5.81. The van der Waals surface area contributed by atoms with Crippen LogP contribution in [0.3, 0.4) is 0 Å². The summed E-state index contributed by atoms with van der Waals surface area (Å²) in [6.45, 7) is 6.30. The maximum atomic E-state index is 13.6. The average Bonchev–Trinajstić information content (AvgIpc) is 3.31. The van der Waals surface area contributed by atoms with E-state index in [9.17, 15) is 14.7 Å². The van der Waals surface area contributed by atoms with E-state index in [-0.39, 0.29) is 5.56 Å². The van der Waals surface area contributed by atoms with Crippen molar-refractivity contribution in [3.05, 3.63) is 51.8 Å². The van der Waals surface area contributed by atoms with Crippen LogP contribution in [0.1, 0.15) is 39.4 Å². The first kappa shape index (κ1) is 19.4. The van der Waals surface area contributed by atoms with Gasteiger partial charge >= 0.3 is 6.09 Å². The van der Waals surface area contributed by atoms with Gasteiger partial charge in [-0.2, -0.15) is 5.10 Å². The number of halogens is 1. The Morgan fingerprint density at radius 3 is 2.72 bits per heavy atom. The lowest BCUT2D eigenvalue weighted by Crippen LogP contribution is -2.55. The molecule has 152 valence electrons. The Hall–Kier alpha value is -2.87. The van der Waals surface area contributed by atoms with Crippen molar-refractivity contribution in [2.45, 2.75) is 39.2 Å². The summed E-state index contributed by atoms with van der Waals surface area (Å²) in [5.41, 5.74) is -0.943. The number of hydrogen-bond acceptors (Lipinski definition) is 4. The van der Waals surface area contributed by atoms with Crippen LogP contribution in [0.25, 0.3) is 16.6 Å². The van der Waals surface area contributed by atoms with Crippen LogP contribution in [0, 0.1) is 5.41 Å². The number of carbonyl (C=O) groups is 1. The SMILES string of the molecule is CC(C)(C)C1(c2nc3cccc(Cl)c3c(=O)n2-c2cn[nH]c2)CCCN1C(=O)O. The second-order valence-corrected chi connectivity index (χ2v) is 8.72. The van der Waals surface area contributed by atoms with Crippen LogP contribution in [0.2, 0.25) is 5.02 Å².